The number of piperidine rings is 1. The van der Waals surface area contributed by atoms with Crippen LogP contribution in [0.2, 0.25) is 5.02 Å². The molecule has 0 aliphatic carbocycles. The molecule has 0 saturated carbocycles. The summed E-state index contributed by atoms with van der Waals surface area (Å²) in [4.78, 5) is 23.2. The van der Waals surface area contributed by atoms with Gasteiger partial charge >= 0.3 is 5.69 Å². The molecule has 9 nitrogen and oxygen atoms in total. The summed E-state index contributed by atoms with van der Waals surface area (Å²) in [5, 5.41) is 23.0. The first-order valence-corrected chi connectivity index (χ1v) is 11.6. The molecule has 1 atom stereocenters. The van der Waals surface area contributed by atoms with Gasteiger partial charge in [0.25, 0.3) is 0 Å². The van der Waals surface area contributed by atoms with Gasteiger partial charge in [-0.2, -0.15) is 4.98 Å². The molecule has 2 aromatic heterocycles. The highest BCUT2D eigenvalue weighted by molar-refractivity contribution is 6.32. The average molecular weight is 493 g/mol. The highest BCUT2D eigenvalue weighted by Gasteiger charge is 2.36. The Morgan fingerprint density at radius 1 is 1.32 bits per heavy atom. The number of alkyl halides is 1. The third-order valence-electron chi connectivity index (χ3n) is 6.18. The smallest absolute Gasteiger partial charge is 0.328 e. The Labute approximate surface area is 201 Å². The zero-order valence-corrected chi connectivity index (χ0v) is 20.3. The van der Waals surface area contributed by atoms with Crippen molar-refractivity contribution in [1.82, 2.24) is 19.1 Å². The number of nitrogens with one attached hydrogen (secondary N) is 1. The van der Waals surface area contributed by atoms with Crippen LogP contribution in [0.25, 0.3) is 11.0 Å². The molecule has 1 aliphatic rings. The first kappa shape index (κ1) is 24.4. The summed E-state index contributed by atoms with van der Waals surface area (Å²) in [6, 6.07) is 5.48. The van der Waals surface area contributed by atoms with Gasteiger partial charge in [-0.3, -0.25) is 9.13 Å². The van der Waals surface area contributed by atoms with Crippen molar-refractivity contribution in [3.63, 3.8) is 0 Å². The van der Waals surface area contributed by atoms with Crippen LogP contribution >= 0.6 is 11.6 Å². The molecule has 1 aliphatic heterocycles. The van der Waals surface area contributed by atoms with Gasteiger partial charge in [0.15, 0.2) is 11.5 Å². The summed E-state index contributed by atoms with van der Waals surface area (Å²) in [5.41, 5.74) is -0.604. The number of benzene rings is 1. The van der Waals surface area contributed by atoms with Gasteiger partial charge < -0.3 is 20.4 Å². The van der Waals surface area contributed by atoms with Crippen LogP contribution in [0.1, 0.15) is 33.1 Å². The number of nitrogens with zero attached hydrogens (tertiary/aromatic N) is 5. The number of aliphatic hydroxyl groups is 2. The van der Waals surface area contributed by atoms with Crippen LogP contribution in [-0.4, -0.2) is 60.3 Å². The zero-order valence-electron chi connectivity index (χ0n) is 19.6. The quantitative estimate of drug-likeness (QED) is 0.465. The molecule has 1 aromatic carbocycles. The lowest BCUT2D eigenvalue weighted by Crippen LogP contribution is -2.48. The first-order valence-electron chi connectivity index (χ1n) is 11.3. The average Bonchev–Trinajstić information content (AvgIpc) is 3.02. The largest absolute Gasteiger partial charge is 0.393 e. The number of hydrogen-bond acceptors (Lipinski definition) is 7. The van der Waals surface area contributed by atoms with Gasteiger partial charge in [0.1, 0.15) is 5.02 Å². The lowest BCUT2D eigenvalue weighted by molar-refractivity contribution is 0.0563. The standard InChI is InChI=1S/C23H30ClFN6O3/c1-22(2,34)8-10-31-18-11-15(5-6-17(18)29(3)21(31)33)27-19-16(24)12-26-20(28-19)30-9-4-7-23(25,13-30)14-32/h5-6,11-12,32,34H,4,7-10,13-14H2,1-3H3,(H,26,27,28). The topological polar surface area (TPSA) is 108 Å². The third kappa shape index (κ3) is 5.03. The van der Waals surface area contributed by atoms with Gasteiger partial charge in [0.05, 0.1) is 36.0 Å². The molecule has 184 valence electrons. The van der Waals surface area contributed by atoms with E-state index in [-0.39, 0.29) is 12.2 Å². The van der Waals surface area contributed by atoms with Gasteiger partial charge in [-0.05, 0) is 51.3 Å². The Morgan fingerprint density at radius 3 is 2.79 bits per heavy atom. The van der Waals surface area contributed by atoms with Crippen molar-refractivity contribution in [1.29, 1.82) is 0 Å². The highest BCUT2D eigenvalue weighted by Crippen LogP contribution is 2.30. The zero-order chi connectivity index (χ0) is 24.7. The maximum absolute atomic E-state index is 14.7. The minimum Gasteiger partial charge on any atom is -0.393 e. The number of aryl methyl sites for hydroxylation is 2. The first-order chi connectivity index (χ1) is 16.0. The lowest BCUT2D eigenvalue weighted by Gasteiger charge is -2.36. The van der Waals surface area contributed by atoms with Crippen molar-refractivity contribution in [2.75, 3.05) is 29.9 Å². The third-order valence-corrected chi connectivity index (χ3v) is 6.46. The second kappa shape index (κ2) is 9.16. The molecule has 0 bridgehead atoms. The Morgan fingerprint density at radius 2 is 2.09 bits per heavy atom. The van der Waals surface area contributed by atoms with E-state index >= 15 is 0 Å². The Bertz CT molecular complexity index is 1250. The molecule has 1 unspecified atom stereocenters. The lowest BCUT2D eigenvalue weighted by atomic mass is 9.96. The van der Waals surface area contributed by atoms with Gasteiger partial charge in [-0.25, -0.2) is 14.2 Å². The van der Waals surface area contributed by atoms with E-state index in [0.29, 0.717) is 60.3 Å². The van der Waals surface area contributed by atoms with E-state index in [0.717, 1.165) is 5.52 Å². The molecular formula is C23H30ClFN6O3. The van der Waals surface area contributed by atoms with Crippen molar-refractivity contribution in [3.8, 4) is 0 Å². The monoisotopic (exact) mass is 492 g/mol. The van der Waals surface area contributed by atoms with E-state index in [9.17, 15) is 19.4 Å². The summed E-state index contributed by atoms with van der Waals surface area (Å²) >= 11 is 6.34. The van der Waals surface area contributed by atoms with Gasteiger partial charge in [-0.15, -0.1) is 0 Å². The maximum Gasteiger partial charge on any atom is 0.328 e. The summed E-state index contributed by atoms with van der Waals surface area (Å²) in [5.74, 6) is 0.677. The van der Waals surface area contributed by atoms with Gasteiger partial charge in [-0.1, -0.05) is 11.6 Å². The second-order valence-electron chi connectivity index (χ2n) is 9.58. The summed E-state index contributed by atoms with van der Waals surface area (Å²) < 4.78 is 17.9. The fourth-order valence-electron chi connectivity index (χ4n) is 4.21. The normalized spacial score (nSPS) is 19.1. The van der Waals surface area contributed by atoms with Crippen LogP contribution in [0.3, 0.4) is 0 Å². The Kier molecular flexibility index (Phi) is 6.58. The number of anilines is 3. The summed E-state index contributed by atoms with van der Waals surface area (Å²) in [6.45, 7) is 3.83. The van der Waals surface area contributed by atoms with Gasteiger partial charge in [0, 0.05) is 25.8 Å². The van der Waals surface area contributed by atoms with Crippen molar-refractivity contribution in [2.45, 2.75) is 50.9 Å². The fourth-order valence-corrected chi connectivity index (χ4v) is 4.35. The minimum atomic E-state index is -1.68. The second-order valence-corrected chi connectivity index (χ2v) is 9.99. The SMILES string of the molecule is Cn1c(=O)n(CCC(C)(C)O)c2cc(Nc3nc(N4CCCC(F)(CO)C4)ncc3Cl)ccc21. The number of imidazole rings is 1. The molecule has 0 amide bonds. The highest BCUT2D eigenvalue weighted by atomic mass is 35.5. The van der Waals surface area contributed by atoms with Crippen LogP contribution < -0.4 is 15.9 Å². The van der Waals surface area contributed by atoms with Crippen molar-refractivity contribution >= 4 is 40.1 Å². The summed E-state index contributed by atoms with van der Waals surface area (Å²) in [7, 11) is 1.71. The molecule has 3 N–H and O–H groups in total. The van der Waals surface area contributed by atoms with E-state index in [1.165, 1.54) is 6.20 Å². The van der Waals surface area contributed by atoms with E-state index in [1.54, 1.807) is 34.9 Å². The van der Waals surface area contributed by atoms with E-state index < -0.39 is 17.9 Å². The van der Waals surface area contributed by atoms with Crippen LogP contribution in [0.15, 0.2) is 29.2 Å². The Balaban J connectivity index is 1.63. The molecule has 11 heteroatoms. The molecule has 34 heavy (non-hydrogen) atoms. The molecular weight excluding hydrogens is 463 g/mol. The molecule has 4 rings (SSSR count). The molecule has 3 heterocycles. The number of hydrogen-bond donors (Lipinski definition) is 3. The number of fused-ring (bicyclic) bond motifs is 1. The molecule has 0 radical (unpaired) electrons. The van der Waals surface area contributed by atoms with Crippen molar-refractivity contribution < 1.29 is 14.6 Å². The van der Waals surface area contributed by atoms with Gasteiger partial charge in [0.2, 0.25) is 5.95 Å². The molecule has 1 saturated heterocycles. The minimum absolute atomic E-state index is 0.00797. The number of halogens is 2. The summed E-state index contributed by atoms with van der Waals surface area (Å²) in [6.07, 6.45) is 2.76. The van der Waals surface area contributed by atoms with Crippen LogP contribution in [0.5, 0.6) is 0 Å². The van der Waals surface area contributed by atoms with Crippen molar-refractivity contribution in [2.24, 2.45) is 7.05 Å². The maximum atomic E-state index is 14.7. The predicted octanol–water partition coefficient (Wildman–Crippen LogP) is 2.99. The van der Waals surface area contributed by atoms with Crippen molar-refractivity contribution in [3.05, 3.63) is 39.9 Å². The van der Waals surface area contributed by atoms with E-state index in [1.807, 2.05) is 18.2 Å². The van der Waals surface area contributed by atoms with Crippen LogP contribution in [0, 0.1) is 0 Å². The molecule has 1 fully saturated rings. The van der Waals surface area contributed by atoms with E-state index in [4.69, 9.17) is 11.6 Å². The number of rotatable bonds is 7. The molecule has 3 aromatic rings. The number of aliphatic hydroxyl groups excluding tert-OH is 1. The van der Waals surface area contributed by atoms with Crippen LogP contribution in [0.4, 0.5) is 21.8 Å². The van der Waals surface area contributed by atoms with Crippen LogP contribution in [-0.2, 0) is 13.6 Å². The predicted molar refractivity (Wildman–Crippen MR) is 131 cm³/mol. The Hall–Kier alpha value is -2.69. The van der Waals surface area contributed by atoms with E-state index in [2.05, 4.69) is 15.3 Å². The molecule has 0 spiro atoms. The fraction of sp³-hybridized carbons (Fsp3) is 0.522. The number of aromatic nitrogens is 4.